The summed E-state index contributed by atoms with van der Waals surface area (Å²) in [5, 5.41) is 0. The van der Waals surface area contributed by atoms with Crippen molar-refractivity contribution in [1.29, 1.82) is 0 Å². The first kappa shape index (κ1) is 18.0. The van der Waals surface area contributed by atoms with Gasteiger partial charge < -0.3 is 0 Å². The summed E-state index contributed by atoms with van der Waals surface area (Å²) in [6.07, 6.45) is 0.793. The van der Waals surface area contributed by atoms with Crippen molar-refractivity contribution in [1.82, 2.24) is 0 Å². The molecule has 0 aromatic heterocycles. The van der Waals surface area contributed by atoms with E-state index in [-0.39, 0.29) is 5.41 Å². The third-order valence-corrected chi connectivity index (χ3v) is 5.44. The summed E-state index contributed by atoms with van der Waals surface area (Å²) in [5.41, 5.74) is 4.18. The minimum atomic E-state index is -4.31. The highest BCUT2D eigenvalue weighted by molar-refractivity contribution is 5.46. The Morgan fingerprint density at radius 3 is 1.68 bits per heavy atom. The molecule has 3 rings (SSSR count). The standard InChI is InChI=1S/C22H25F3/c1-15-9-16(2)11-18(10-15)21(7-5-4-6-8-21)19-12-17(3)13-20(14-19)22(23,24)25/h9-14H,4-8H2,1-3H3. The van der Waals surface area contributed by atoms with Crippen LogP contribution in [-0.2, 0) is 11.6 Å². The molecule has 1 aliphatic rings. The Labute approximate surface area is 148 Å². The molecule has 0 heterocycles. The van der Waals surface area contributed by atoms with Gasteiger partial charge in [0.2, 0.25) is 0 Å². The van der Waals surface area contributed by atoms with E-state index in [0.29, 0.717) is 5.56 Å². The van der Waals surface area contributed by atoms with Crippen molar-refractivity contribution >= 4 is 0 Å². The molecule has 0 saturated heterocycles. The number of halogens is 3. The Morgan fingerprint density at radius 1 is 0.680 bits per heavy atom. The van der Waals surface area contributed by atoms with Crippen molar-refractivity contribution < 1.29 is 13.2 Å². The topological polar surface area (TPSA) is 0 Å². The second kappa shape index (κ2) is 6.51. The molecule has 0 bridgehead atoms. The normalized spacial score (nSPS) is 17.5. The number of alkyl halides is 3. The fraction of sp³-hybridized carbons (Fsp3) is 0.455. The van der Waals surface area contributed by atoms with Crippen LogP contribution in [0.5, 0.6) is 0 Å². The quantitative estimate of drug-likeness (QED) is 0.556. The summed E-state index contributed by atoms with van der Waals surface area (Å²) in [7, 11) is 0. The molecule has 25 heavy (non-hydrogen) atoms. The lowest BCUT2D eigenvalue weighted by molar-refractivity contribution is -0.137. The SMILES string of the molecule is Cc1cc(C)cc(C2(c3cc(C)cc(C(F)(F)F)c3)CCCCC2)c1. The van der Waals surface area contributed by atoms with Crippen LogP contribution in [0.25, 0.3) is 0 Å². The third-order valence-electron chi connectivity index (χ3n) is 5.44. The Kier molecular flexibility index (Phi) is 4.70. The minimum Gasteiger partial charge on any atom is -0.166 e. The van der Waals surface area contributed by atoms with Crippen molar-refractivity contribution in [2.45, 2.75) is 64.5 Å². The van der Waals surface area contributed by atoms with E-state index in [0.717, 1.165) is 37.7 Å². The Bertz CT molecular complexity index is 745. The lowest BCUT2D eigenvalue weighted by atomic mass is 9.64. The van der Waals surface area contributed by atoms with E-state index < -0.39 is 11.7 Å². The molecule has 1 saturated carbocycles. The van der Waals surface area contributed by atoms with Gasteiger partial charge in [0, 0.05) is 5.41 Å². The van der Waals surface area contributed by atoms with E-state index in [4.69, 9.17) is 0 Å². The van der Waals surface area contributed by atoms with Crippen LogP contribution in [-0.4, -0.2) is 0 Å². The zero-order chi connectivity index (χ0) is 18.2. The van der Waals surface area contributed by atoms with Crippen molar-refractivity contribution in [3.8, 4) is 0 Å². The highest BCUT2D eigenvalue weighted by Crippen LogP contribution is 2.46. The highest BCUT2D eigenvalue weighted by atomic mass is 19.4. The number of rotatable bonds is 2. The van der Waals surface area contributed by atoms with Crippen LogP contribution in [0.15, 0.2) is 36.4 Å². The number of benzene rings is 2. The zero-order valence-electron chi connectivity index (χ0n) is 15.1. The fourth-order valence-corrected chi connectivity index (χ4v) is 4.37. The van der Waals surface area contributed by atoms with E-state index in [1.54, 1.807) is 6.92 Å². The fourth-order valence-electron chi connectivity index (χ4n) is 4.37. The van der Waals surface area contributed by atoms with Crippen LogP contribution < -0.4 is 0 Å². The average molecular weight is 346 g/mol. The van der Waals surface area contributed by atoms with E-state index in [2.05, 4.69) is 32.0 Å². The van der Waals surface area contributed by atoms with Gasteiger partial charge in [-0.25, -0.2) is 0 Å². The van der Waals surface area contributed by atoms with Gasteiger partial charge in [0.05, 0.1) is 5.56 Å². The van der Waals surface area contributed by atoms with Gasteiger partial charge in [0.15, 0.2) is 0 Å². The molecule has 0 aliphatic heterocycles. The molecule has 3 heteroatoms. The molecule has 0 radical (unpaired) electrons. The van der Waals surface area contributed by atoms with Gasteiger partial charge in [-0.15, -0.1) is 0 Å². The monoisotopic (exact) mass is 346 g/mol. The van der Waals surface area contributed by atoms with E-state index in [1.165, 1.54) is 28.8 Å². The van der Waals surface area contributed by atoms with Gasteiger partial charge in [0.25, 0.3) is 0 Å². The van der Waals surface area contributed by atoms with E-state index >= 15 is 0 Å². The molecule has 0 N–H and O–H groups in total. The summed E-state index contributed by atoms with van der Waals surface area (Å²) < 4.78 is 40.1. The van der Waals surface area contributed by atoms with Gasteiger partial charge in [-0.1, -0.05) is 60.2 Å². The summed E-state index contributed by atoms with van der Waals surface area (Å²) in [5.74, 6) is 0. The van der Waals surface area contributed by atoms with Gasteiger partial charge in [-0.05, 0) is 56.9 Å². The van der Waals surface area contributed by atoms with Crippen LogP contribution >= 0.6 is 0 Å². The Morgan fingerprint density at radius 2 is 1.16 bits per heavy atom. The van der Waals surface area contributed by atoms with Gasteiger partial charge in [-0.3, -0.25) is 0 Å². The zero-order valence-corrected chi connectivity index (χ0v) is 15.1. The van der Waals surface area contributed by atoms with E-state index in [1.807, 2.05) is 6.07 Å². The maximum absolute atomic E-state index is 13.4. The van der Waals surface area contributed by atoms with Crippen molar-refractivity contribution in [3.63, 3.8) is 0 Å². The molecule has 0 atom stereocenters. The maximum atomic E-state index is 13.4. The first-order valence-electron chi connectivity index (χ1n) is 8.99. The molecular formula is C22H25F3. The smallest absolute Gasteiger partial charge is 0.166 e. The van der Waals surface area contributed by atoms with Crippen molar-refractivity contribution in [2.75, 3.05) is 0 Å². The summed E-state index contributed by atoms with van der Waals surface area (Å²) in [4.78, 5) is 0. The van der Waals surface area contributed by atoms with Crippen LogP contribution in [0.1, 0.15) is 65.5 Å². The molecule has 134 valence electrons. The molecule has 0 spiro atoms. The molecule has 0 amide bonds. The summed E-state index contributed by atoms with van der Waals surface area (Å²) in [6, 6.07) is 11.0. The van der Waals surface area contributed by atoms with Gasteiger partial charge in [-0.2, -0.15) is 13.2 Å². The first-order valence-corrected chi connectivity index (χ1v) is 8.99. The lowest BCUT2D eigenvalue weighted by Gasteiger charge is -2.39. The first-order chi connectivity index (χ1) is 11.7. The molecule has 2 aromatic rings. The van der Waals surface area contributed by atoms with Crippen molar-refractivity contribution in [2.24, 2.45) is 0 Å². The summed E-state index contributed by atoms with van der Waals surface area (Å²) >= 11 is 0. The van der Waals surface area contributed by atoms with Gasteiger partial charge >= 0.3 is 6.18 Å². The predicted octanol–water partition coefficient (Wildman–Crippen LogP) is 6.88. The Balaban J connectivity index is 2.21. The maximum Gasteiger partial charge on any atom is 0.416 e. The molecule has 0 nitrogen and oxygen atoms in total. The second-order valence-corrected chi connectivity index (χ2v) is 7.60. The highest BCUT2D eigenvalue weighted by Gasteiger charge is 2.38. The molecule has 2 aromatic carbocycles. The predicted molar refractivity (Wildman–Crippen MR) is 96.0 cm³/mol. The number of hydrogen-bond donors (Lipinski definition) is 0. The van der Waals surface area contributed by atoms with Crippen LogP contribution in [0.2, 0.25) is 0 Å². The molecule has 0 unspecified atom stereocenters. The molecule has 1 aliphatic carbocycles. The van der Waals surface area contributed by atoms with Gasteiger partial charge in [0.1, 0.15) is 0 Å². The lowest BCUT2D eigenvalue weighted by Crippen LogP contribution is -2.31. The van der Waals surface area contributed by atoms with Crippen molar-refractivity contribution in [3.05, 3.63) is 69.8 Å². The largest absolute Gasteiger partial charge is 0.416 e. The molecule has 1 fully saturated rings. The minimum absolute atomic E-state index is 0.305. The average Bonchev–Trinajstić information content (AvgIpc) is 2.53. The summed E-state index contributed by atoms with van der Waals surface area (Å²) in [6.45, 7) is 5.88. The number of hydrogen-bond acceptors (Lipinski definition) is 0. The van der Waals surface area contributed by atoms with E-state index in [9.17, 15) is 13.2 Å². The molecular weight excluding hydrogens is 321 g/mol. The van der Waals surface area contributed by atoms with Crippen LogP contribution in [0.4, 0.5) is 13.2 Å². The third kappa shape index (κ3) is 3.61. The van der Waals surface area contributed by atoms with Crippen LogP contribution in [0, 0.1) is 20.8 Å². The second-order valence-electron chi connectivity index (χ2n) is 7.60. The Hall–Kier alpha value is -1.77. The number of aryl methyl sites for hydroxylation is 3. The van der Waals surface area contributed by atoms with Crippen LogP contribution in [0.3, 0.4) is 0 Å².